The first-order valence-electron chi connectivity index (χ1n) is 22.3. The highest BCUT2D eigenvalue weighted by Gasteiger charge is 2.22. The quantitative estimate of drug-likeness (QED) is 0.165. The van der Waals surface area contributed by atoms with Crippen molar-refractivity contribution in [3.63, 3.8) is 0 Å². The number of benzene rings is 9. The molecule has 0 amide bonds. The summed E-state index contributed by atoms with van der Waals surface area (Å²) < 4.78 is 9.72. The molecule has 0 spiro atoms. The van der Waals surface area contributed by atoms with E-state index in [1.807, 2.05) is 0 Å². The van der Waals surface area contributed by atoms with Crippen LogP contribution in [-0.4, -0.2) is 18.3 Å². The summed E-state index contributed by atoms with van der Waals surface area (Å²) in [6, 6.07) is 76.0. The van der Waals surface area contributed by atoms with Gasteiger partial charge in [0.15, 0.2) is 0 Å². The van der Waals surface area contributed by atoms with E-state index in [-0.39, 0.29) is 0 Å². The number of aromatic nitrogens is 4. The average molecular weight is 817 g/mol. The molecule has 4 nitrogen and oxygen atoms in total. The third-order valence-electron chi connectivity index (χ3n) is 13.8. The zero-order chi connectivity index (χ0) is 41.9. The van der Waals surface area contributed by atoms with E-state index < -0.39 is 0 Å². The summed E-state index contributed by atoms with van der Waals surface area (Å²) >= 11 is 0. The normalized spacial score (nSPS) is 12.8. The Hall–Kier alpha value is -8.34. The van der Waals surface area contributed by atoms with Crippen molar-refractivity contribution in [3.05, 3.63) is 224 Å². The summed E-state index contributed by atoms with van der Waals surface area (Å²) in [6.45, 7) is 0. The zero-order valence-electron chi connectivity index (χ0n) is 35.0. The number of nitrogens with zero attached hydrogens (tertiary/aromatic N) is 4. The Balaban J connectivity index is 0.912. The average Bonchev–Trinajstić information content (AvgIpc) is 4.09. The number of hydrogen-bond acceptors (Lipinski definition) is 0. The van der Waals surface area contributed by atoms with Gasteiger partial charge in [-0.05, 0) is 139 Å². The first kappa shape index (κ1) is 35.3. The minimum atomic E-state index is 1.04. The van der Waals surface area contributed by atoms with Crippen molar-refractivity contribution in [1.29, 1.82) is 0 Å². The van der Waals surface area contributed by atoms with Gasteiger partial charge in [-0.3, -0.25) is 0 Å². The van der Waals surface area contributed by atoms with E-state index in [1.54, 1.807) is 0 Å². The van der Waals surface area contributed by atoms with Gasteiger partial charge in [-0.25, -0.2) is 0 Å². The van der Waals surface area contributed by atoms with Gasteiger partial charge in [-0.1, -0.05) is 109 Å². The monoisotopic (exact) mass is 816 g/mol. The lowest BCUT2D eigenvalue weighted by Crippen LogP contribution is -1.99. The predicted octanol–water partition coefficient (Wildman–Crippen LogP) is 15.5. The third-order valence-corrected chi connectivity index (χ3v) is 13.8. The molecular formula is C60H40N4. The van der Waals surface area contributed by atoms with Crippen LogP contribution < -0.4 is 0 Å². The smallest absolute Gasteiger partial charge is 0.0542 e. The van der Waals surface area contributed by atoms with E-state index in [0.29, 0.717) is 0 Å². The van der Waals surface area contributed by atoms with Crippen LogP contribution in [0.15, 0.2) is 212 Å². The molecule has 9 aromatic carbocycles. The minimum Gasteiger partial charge on any atom is -0.310 e. The second-order valence-corrected chi connectivity index (χ2v) is 17.2. The van der Waals surface area contributed by atoms with Gasteiger partial charge < -0.3 is 18.3 Å². The summed E-state index contributed by atoms with van der Waals surface area (Å²) in [4.78, 5) is 0. The summed E-state index contributed by atoms with van der Waals surface area (Å²) in [5.41, 5.74) is 18.3. The Morgan fingerprint density at radius 1 is 0.281 bits per heavy atom. The van der Waals surface area contributed by atoms with Gasteiger partial charge in [-0.2, -0.15) is 0 Å². The molecule has 0 saturated carbocycles. The van der Waals surface area contributed by atoms with Gasteiger partial charge >= 0.3 is 0 Å². The molecule has 0 unspecified atom stereocenters. The molecule has 4 aromatic heterocycles. The van der Waals surface area contributed by atoms with E-state index in [4.69, 9.17) is 0 Å². The van der Waals surface area contributed by atoms with Crippen LogP contribution in [0.4, 0.5) is 0 Å². The molecule has 0 fully saturated rings. The molecule has 0 aliphatic heterocycles. The maximum atomic E-state index is 2.46. The highest BCUT2D eigenvalue weighted by molar-refractivity contribution is 6.14. The Labute approximate surface area is 369 Å². The molecular weight excluding hydrogens is 777 g/mol. The fraction of sp³-hybridized carbons (Fsp3) is 0.0333. The van der Waals surface area contributed by atoms with Crippen LogP contribution in [0.2, 0.25) is 0 Å². The standard InChI is InChI=1S/C60H40N4/c1-3-15-41(16-4-1)61-53-23-11-9-21-47(53)51-37-43(29-33-59(51)61)63-55-25-13-7-19-45(55)49-35-39(27-31-57(49)63)40-28-32-58-50(36-40)46-20-8-14-26-56(46)64(58)44-30-34-60-52(38-44)48-22-10-12-24-54(48)62(60)42-17-5-2-6-18-42/h1-9,11-21,23-38H,10,22H2. The van der Waals surface area contributed by atoms with Crippen molar-refractivity contribution in [1.82, 2.24) is 18.3 Å². The number of rotatable bonds is 5. The number of hydrogen-bond donors (Lipinski definition) is 0. The Morgan fingerprint density at radius 3 is 1.20 bits per heavy atom. The fourth-order valence-electron chi connectivity index (χ4n) is 11.0. The SMILES string of the molecule is C1=Cc2c(c3cc(-n4c5ccccc5c5cc(-c6ccc7c(c6)c6ccccc6n7-c6ccc7c(c6)c6ccccc6n7-c6ccccc6)ccc54)ccc3n2-c2ccccc2)CC1. The first-order valence-corrected chi connectivity index (χ1v) is 22.3. The second-order valence-electron chi connectivity index (χ2n) is 17.2. The van der Waals surface area contributed by atoms with Crippen molar-refractivity contribution in [2.45, 2.75) is 12.8 Å². The van der Waals surface area contributed by atoms with Gasteiger partial charge in [0.25, 0.3) is 0 Å². The molecule has 4 heterocycles. The molecule has 0 bridgehead atoms. The maximum Gasteiger partial charge on any atom is 0.0542 e. The van der Waals surface area contributed by atoms with Crippen LogP contribution in [0.1, 0.15) is 17.7 Å². The lowest BCUT2D eigenvalue weighted by Gasteiger charge is -2.12. The Bertz CT molecular complexity index is 4060. The Kier molecular flexibility index (Phi) is 7.48. The zero-order valence-corrected chi connectivity index (χ0v) is 35.0. The van der Waals surface area contributed by atoms with Gasteiger partial charge in [0, 0.05) is 66.1 Å². The molecule has 4 heteroatoms. The molecule has 1 aliphatic carbocycles. The summed E-state index contributed by atoms with van der Waals surface area (Å²) in [6.07, 6.45) is 6.73. The molecule has 0 N–H and O–H groups in total. The van der Waals surface area contributed by atoms with Crippen molar-refractivity contribution in [2.75, 3.05) is 0 Å². The second kappa shape index (κ2) is 13.6. The molecule has 0 radical (unpaired) electrons. The maximum absolute atomic E-state index is 2.46. The Morgan fingerprint density at radius 2 is 0.672 bits per heavy atom. The van der Waals surface area contributed by atoms with E-state index in [2.05, 4.69) is 237 Å². The summed E-state index contributed by atoms with van der Waals surface area (Å²) in [5.74, 6) is 0. The third kappa shape index (κ3) is 5.05. The van der Waals surface area contributed by atoms with Gasteiger partial charge in [0.1, 0.15) is 0 Å². The molecule has 14 rings (SSSR count). The lowest BCUT2D eigenvalue weighted by molar-refractivity contribution is 0.967. The van der Waals surface area contributed by atoms with E-state index in [9.17, 15) is 0 Å². The lowest BCUT2D eigenvalue weighted by atomic mass is 10.0. The van der Waals surface area contributed by atoms with Gasteiger partial charge in [0.05, 0.1) is 38.6 Å². The van der Waals surface area contributed by atoms with Crippen LogP contribution in [-0.2, 0) is 6.42 Å². The number of aryl methyl sites for hydroxylation is 1. The van der Waals surface area contributed by atoms with Gasteiger partial charge in [0.2, 0.25) is 0 Å². The van der Waals surface area contributed by atoms with E-state index >= 15 is 0 Å². The number of para-hydroxylation sites is 5. The minimum absolute atomic E-state index is 1.04. The van der Waals surface area contributed by atoms with Crippen LogP contribution in [0.25, 0.3) is 116 Å². The molecule has 0 saturated heterocycles. The topological polar surface area (TPSA) is 19.7 Å². The summed E-state index contributed by atoms with van der Waals surface area (Å²) in [5, 5.41) is 8.83. The number of fused-ring (bicyclic) bond motifs is 12. The molecule has 13 aromatic rings. The highest BCUT2D eigenvalue weighted by atomic mass is 15.0. The van der Waals surface area contributed by atoms with Crippen LogP contribution in [0.5, 0.6) is 0 Å². The van der Waals surface area contributed by atoms with Crippen molar-refractivity contribution in [2.24, 2.45) is 0 Å². The van der Waals surface area contributed by atoms with Crippen molar-refractivity contribution >= 4 is 82.4 Å². The molecule has 0 atom stereocenters. The fourth-order valence-corrected chi connectivity index (χ4v) is 11.0. The summed E-state index contributed by atoms with van der Waals surface area (Å²) in [7, 11) is 0. The van der Waals surface area contributed by atoms with E-state index in [0.717, 1.165) is 18.5 Å². The van der Waals surface area contributed by atoms with Crippen LogP contribution in [0.3, 0.4) is 0 Å². The predicted molar refractivity (Wildman–Crippen MR) is 269 cm³/mol. The van der Waals surface area contributed by atoms with E-state index in [1.165, 1.54) is 116 Å². The molecule has 300 valence electrons. The largest absolute Gasteiger partial charge is 0.310 e. The molecule has 64 heavy (non-hydrogen) atoms. The van der Waals surface area contributed by atoms with Gasteiger partial charge in [-0.15, -0.1) is 0 Å². The van der Waals surface area contributed by atoms with Crippen molar-refractivity contribution in [3.8, 4) is 33.9 Å². The van der Waals surface area contributed by atoms with Crippen LogP contribution in [0, 0.1) is 0 Å². The highest BCUT2D eigenvalue weighted by Crippen LogP contribution is 2.41. The number of allylic oxidation sites excluding steroid dienone is 1. The van der Waals surface area contributed by atoms with Crippen LogP contribution >= 0.6 is 0 Å². The first-order chi connectivity index (χ1) is 31.8. The van der Waals surface area contributed by atoms with Crippen molar-refractivity contribution < 1.29 is 0 Å². The molecule has 1 aliphatic rings.